The van der Waals surface area contributed by atoms with Crippen molar-refractivity contribution < 1.29 is 19.4 Å². The summed E-state index contributed by atoms with van der Waals surface area (Å²) < 4.78 is 5.12. The van der Waals surface area contributed by atoms with Gasteiger partial charge in [0.25, 0.3) is 0 Å². The van der Waals surface area contributed by atoms with E-state index < -0.39 is 5.97 Å². The molecule has 0 heterocycles. The van der Waals surface area contributed by atoms with Crippen molar-refractivity contribution in [3.05, 3.63) is 59.7 Å². The Morgan fingerprint density at radius 3 is 2.62 bits per heavy atom. The Morgan fingerprint density at radius 1 is 1.15 bits per heavy atom. The number of carbonyl (C=O) groups is 2. The highest BCUT2D eigenvalue weighted by atomic mass is 16.5. The topological polar surface area (TPSA) is 66.8 Å². The summed E-state index contributed by atoms with van der Waals surface area (Å²) in [5, 5.41) is 8.64. The molecule has 3 rings (SSSR count). The van der Waals surface area contributed by atoms with Crippen molar-refractivity contribution in [2.45, 2.75) is 31.6 Å². The zero-order chi connectivity index (χ0) is 18.5. The Kier molecular flexibility index (Phi) is 5.56. The average Bonchev–Trinajstić information content (AvgIpc) is 2.66. The Balaban J connectivity index is 1.64. The lowest BCUT2D eigenvalue weighted by molar-refractivity contribution is -0.139. The maximum atomic E-state index is 12.7. The van der Waals surface area contributed by atoms with E-state index >= 15 is 0 Å². The first-order chi connectivity index (χ1) is 12.5. The molecule has 0 saturated carbocycles. The molecule has 1 amide bonds. The van der Waals surface area contributed by atoms with Crippen LogP contribution in [0.25, 0.3) is 0 Å². The zero-order valence-electron chi connectivity index (χ0n) is 14.9. The fourth-order valence-corrected chi connectivity index (χ4v) is 3.47. The minimum Gasteiger partial charge on any atom is -0.482 e. The van der Waals surface area contributed by atoms with Gasteiger partial charge in [-0.3, -0.25) is 4.79 Å². The molecule has 0 spiro atoms. The number of hydrogen-bond donors (Lipinski definition) is 1. The van der Waals surface area contributed by atoms with Crippen LogP contribution in [0.4, 0.5) is 5.69 Å². The van der Waals surface area contributed by atoms with E-state index in [1.54, 1.807) is 36.2 Å². The van der Waals surface area contributed by atoms with Gasteiger partial charge in [-0.05, 0) is 60.6 Å². The minimum absolute atomic E-state index is 0.0749. The number of benzene rings is 2. The first-order valence-corrected chi connectivity index (χ1v) is 8.83. The summed E-state index contributed by atoms with van der Waals surface area (Å²) in [5.74, 6) is -0.202. The van der Waals surface area contributed by atoms with Gasteiger partial charge in [-0.1, -0.05) is 24.3 Å². The standard InChI is InChI=1S/C21H23NO4/c1-22(17-9-11-18(12-10-17)26-14-21(24)25)20(23)13-16-7-4-6-15-5-2-3-8-19(15)16/h2-3,5,8-12,16H,4,6-7,13-14H2,1H3,(H,24,25). The summed E-state index contributed by atoms with van der Waals surface area (Å²) in [7, 11) is 1.77. The summed E-state index contributed by atoms with van der Waals surface area (Å²) in [5.41, 5.74) is 3.43. The molecule has 136 valence electrons. The van der Waals surface area contributed by atoms with Gasteiger partial charge < -0.3 is 14.7 Å². The number of carboxylic acid groups (broad SMARTS) is 1. The van der Waals surface area contributed by atoms with Crippen molar-refractivity contribution in [1.29, 1.82) is 0 Å². The van der Waals surface area contributed by atoms with Gasteiger partial charge in [0.2, 0.25) is 5.91 Å². The molecular formula is C21H23NO4. The van der Waals surface area contributed by atoms with Crippen molar-refractivity contribution >= 4 is 17.6 Å². The number of carboxylic acids is 1. The third-order valence-corrected chi connectivity index (χ3v) is 4.88. The molecule has 2 aromatic carbocycles. The number of ether oxygens (including phenoxy) is 1. The van der Waals surface area contributed by atoms with E-state index in [1.165, 1.54) is 11.1 Å². The number of carbonyl (C=O) groups excluding carboxylic acids is 1. The fourth-order valence-electron chi connectivity index (χ4n) is 3.47. The van der Waals surface area contributed by atoms with Gasteiger partial charge in [-0.2, -0.15) is 0 Å². The summed E-state index contributed by atoms with van der Waals surface area (Å²) in [6, 6.07) is 15.3. The van der Waals surface area contributed by atoms with Crippen LogP contribution in [0, 0.1) is 0 Å². The zero-order valence-corrected chi connectivity index (χ0v) is 14.9. The quantitative estimate of drug-likeness (QED) is 0.861. The SMILES string of the molecule is CN(C(=O)CC1CCCc2ccccc21)c1ccc(OCC(=O)O)cc1. The van der Waals surface area contributed by atoms with Crippen LogP contribution in [0.1, 0.15) is 36.3 Å². The lowest BCUT2D eigenvalue weighted by Gasteiger charge is -2.27. The van der Waals surface area contributed by atoms with Crippen LogP contribution in [0.15, 0.2) is 48.5 Å². The molecule has 1 aliphatic rings. The van der Waals surface area contributed by atoms with Gasteiger partial charge in [0.1, 0.15) is 5.75 Å². The van der Waals surface area contributed by atoms with E-state index in [4.69, 9.17) is 9.84 Å². The van der Waals surface area contributed by atoms with Crippen LogP contribution in [-0.4, -0.2) is 30.6 Å². The second kappa shape index (κ2) is 8.04. The monoisotopic (exact) mass is 353 g/mol. The van der Waals surface area contributed by atoms with Crippen molar-refractivity contribution in [2.75, 3.05) is 18.6 Å². The van der Waals surface area contributed by atoms with Gasteiger partial charge >= 0.3 is 5.97 Å². The Hall–Kier alpha value is -2.82. The molecule has 1 N–H and O–H groups in total. The molecule has 0 bridgehead atoms. The highest BCUT2D eigenvalue weighted by Gasteiger charge is 2.24. The summed E-state index contributed by atoms with van der Waals surface area (Å²) in [6.45, 7) is -0.380. The molecule has 1 aliphatic carbocycles. The normalized spacial score (nSPS) is 15.8. The van der Waals surface area contributed by atoms with Gasteiger partial charge in [0.05, 0.1) is 0 Å². The maximum Gasteiger partial charge on any atom is 0.341 e. The van der Waals surface area contributed by atoms with E-state index in [0.29, 0.717) is 12.2 Å². The van der Waals surface area contributed by atoms with E-state index in [2.05, 4.69) is 18.2 Å². The highest BCUT2D eigenvalue weighted by molar-refractivity contribution is 5.93. The van der Waals surface area contributed by atoms with Crippen LogP contribution in [0.2, 0.25) is 0 Å². The highest BCUT2D eigenvalue weighted by Crippen LogP contribution is 2.34. The van der Waals surface area contributed by atoms with Crippen molar-refractivity contribution in [3.8, 4) is 5.75 Å². The molecule has 0 radical (unpaired) electrons. The first kappa shape index (κ1) is 18.0. The molecule has 2 aromatic rings. The third kappa shape index (κ3) is 4.23. The molecule has 5 heteroatoms. The van der Waals surface area contributed by atoms with Crippen LogP contribution < -0.4 is 9.64 Å². The molecular weight excluding hydrogens is 330 g/mol. The summed E-state index contributed by atoms with van der Waals surface area (Å²) >= 11 is 0. The Labute approximate surface area is 153 Å². The smallest absolute Gasteiger partial charge is 0.341 e. The third-order valence-electron chi connectivity index (χ3n) is 4.88. The van der Waals surface area contributed by atoms with E-state index in [9.17, 15) is 9.59 Å². The maximum absolute atomic E-state index is 12.7. The largest absolute Gasteiger partial charge is 0.482 e. The number of aliphatic carboxylic acids is 1. The molecule has 5 nitrogen and oxygen atoms in total. The first-order valence-electron chi connectivity index (χ1n) is 8.83. The predicted molar refractivity (Wildman–Crippen MR) is 99.7 cm³/mol. The van der Waals surface area contributed by atoms with Crippen LogP contribution in [0.5, 0.6) is 5.75 Å². The van der Waals surface area contributed by atoms with E-state index in [1.807, 2.05) is 6.07 Å². The van der Waals surface area contributed by atoms with Crippen molar-refractivity contribution in [2.24, 2.45) is 0 Å². The molecule has 0 fully saturated rings. The number of anilines is 1. The van der Waals surface area contributed by atoms with Gasteiger partial charge in [-0.25, -0.2) is 4.79 Å². The lowest BCUT2D eigenvalue weighted by Crippen LogP contribution is -2.28. The molecule has 0 aliphatic heterocycles. The molecule has 0 aromatic heterocycles. The molecule has 1 unspecified atom stereocenters. The van der Waals surface area contributed by atoms with Gasteiger partial charge in [-0.15, -0.1) is 0 Å². The lowest BCUT2D eigenvalue weighted by atomic mass is 9.81. The fraction of sp³-hybridized carbons (Fsp3) is 0.333. The summed E-state index contributed by atoms with van der Waals surface area (Å²) in [4.78, 5) is 24.9. The summed E-state index contributed by atoms with van der Waals surface area (Å²) in [6.07, 6.45) is 3.74. The van der Waals surface area contributed by atoms with Crippen molar-refractivity contribution in [1.82, 2.24) is 0 Å². The van der Waals surface area contributed by atoms with E-state index in [-0.39, 0.29) is 18.4 Å². The number of rotatable bonds is 6. The predicted octanol–water partition coefficient (Wildman–Crippen LogP) is 3.62. The van der Waals surface area contributed by atoms with Crippen LogP contribution in [0.3, 0.4) is 0 Å². The Bertz CT molecular complexity index is 785. The van der Waals surface area contributed by atoms with Gasteiger partial charge in [0.15, 0.2) is 6.61 Å². The second-order valence-electron chi connectivity index (χ2n) is 6.62. The minimum atomic E-state index is -1.02. The number of amides is 1. The Morgan fingerprint density at radius 2 is 1.88 bits per heavy atom. The number of aryl methyl sites for hydroxylation is 1. The molecule has 0 saturated heterocycles. The number of fused-ring (bicyclic) bond motifs is 1. The van der Waals surface area contributed by atoms with Gasteiger partial charge in [0, 0.05) is 19.2 Å². The van der Waals surface area contributed by atoms with Crippen LogP contribution in [-0.2, 0) is 16.0 Å². The van der Waals surface area contributed by atoms with E-state index in [0.717, 1.165) is 24.9 Å². The molecule has 1 atom stereocenters. The number of hydrogen-bond acceptors (Lipinski definition) is 3. The second-order valence-corrected chi connectivity index (χ2v) is 6.62. The average molecular weight is 353 g/mol. The van der Waals surface area contributed by atoms with Crippen LogP contribution >= 0.6 is 0 Å². The van der Waals surface area contributed by atoms with Crippen molar-refractivity contribution in [3.63, 3.8) is 0 Å². The number of nitrogens with zero attached hydrogens (tertiary/aromatic N) is 1. The molecule has 26 heavy (non-hydrogen) atoms.